The molecule has 104 valence electrons. The first-order valence-electron chi connectivity index (χ1n) is 5.40. The first-order chi connectivity index (χ1) is 8.95. The second-order valence-corrected chi connectivity index (χ2v) is 5.34. The Hall–Kier alpha value is -0.860. The van der Waals surface area contributed by atoms with E-state index in [-0.39, 0.29) is 25.6 Å². The molecule has 0 heterocycles. The Kier molecular flexibility index (Phi) is 6.53. The number of benzene rings is 1. The lowest BCUT2D eigenvalue weighted by atomic mass is 10.2. The summed E-state index contributed by atoms with van der Waals surface area (Å²) in [6, 6.07) is 4.93. The molecule has 0 bridgehead atoms. The van der Waals surface area contributed by atoms with Crippen LogP contribution < -0.4 is 0 Å². The van der Waals surface area contributed by atoms with Crippen molar-refractivity contribution in [3.05, 3.63) is 32.4 Å². The molecule has 0 aromatic heterocycles. The summed E-state index contributed by atoms with van der Waals surface area (Å²) in [5.41, 5.74) is 0.394. The zero-order chi connectivity index (χ0) is 14.4. The number of nitrogens with zero attached hydrogens (tertiary/aromatic N) is 1. The topological polar surface area (TPSA) is 66.8 Å². The lowest BCUT2D eigenvalue weighted by molar-refractivity contribution is -0.137. The number of ether oxygens (including phenoxy) is 1. The predicted octanol–water partition coefficient (Wildman–Crippen LogP) is 2.12. The third kappa shape index (κ3) is 4.96. The van der Waals surface area contributed by atoms with Gasteiger partial charge in [-0.3, -0.25) is 9.59 Å². The molecule has 0 fully saturated rings. The Morgan fingerprint density at radius 3 is 2.74 bits per heavy atom. The highest BCUT2D eigenvalue weighted by atomic mass is 127. The number of amides is 1. The molecular weight excluding hydrogens is 384 g/mol. The lowest BCUT2D eigenvalue weighted by Gasteiger charge is -2.21. The average molecular weight is 398 g/mol. The van der Waals surface area contributed by atoms with Crippen LogP contribution in [-0.2, 0) is 9.53 Å². The van der Waals surface area contributed by atoms with Crippen LogP contribution in [0, 0.1) is 3.57 Å². The number of carboxylic acids is 1. The summed E-state index contributed by atoms with van der Waals surface area (Å²) >= 11 is 7.87. The molecular formula is C12H13ClINO4. The van der Waals surface area contributed by atoms with Crippen LogP contribution in [0.4, 0.5) is 0 Å². The van der Waals surface area contributed by atoms with Gasteiger partial charge in [0.25, 0.3) is 5.91 Å². The second kappa shape index (κ2) is 7.66. The standard InChI is InChI=1S/C12H13ClINO4/c1-19-5-4-15(7-11(16)17)12(18)9-6-8(13)2-3-10(9)14/h2-3,6H,4-5,7H2,1H3,(H,16,17). The Morgan fingerprint density at radius 1 is 1.47 bits per heavy atom. The number of methoxy groups -OCH3 is 1. The van der Waals surface area contributed by atoms with Crippen LogP contribution in [0.15, 0.2) is 18.2 Å². The van der Waals surface area contributed by atoms with Crippen LogP contribution in [0.2, 0.25) is 5.02 Å². The van der Waals surface area contributed by atoms with Crippen LogP contribution in [-0.4, -0.2) is 48.7 Å². The molecule has 0 atom stereocenters. The van der Waals surface area contributed by atoms with Crippen LogP contribution in [0.3, 0.4) is 0 Å². The Bertz CT molecular complexity index is 481. The number of halogens is 2. The maximum atomic E-state index is 12.3. The molecule has 0 aliphatic heterocycles. The van der Waals surface area contributed by atoms with Gasteiger partial charge in [-0.05, 0) is 40.8 Å². The highest BCUT2D eigenvalue weighted by Crippen LogP contribution is 2.19. The Labute approximate surface area is 129 Å². The van der Waals surface area contributed by atoms with Crippen molar-refractivity contribution in [3.8, 4) is 0 Å². The summed E-state index contributed by atoms with van der Waals surface area (Å²) in [5, 5.41) is 9.28. The summed E-state index contributed by atoms with van der Waals surface area (Å²) in [6.45, 7) is 0.116. The minimum atomic E-state index is -1.07. The van der Waals surface area contributed by atoms with E-state index in [0.717, 1.165) is 3.57 Å². The molecule has 1 aromatic carbocycles. The number of hydrogen-bond donors (Lipinski definition) is 1. The van der Waals surface area contributed by atoms with Gasteiger partial charge in [0, 0.05) is 22.2 Å². The van der Waals surface area contributed by atoms with E-state index in [2.05, 4.69) is 0 Å². The maximum absolute atomic E-state index is 12.3. The van der Waals surface area contributed by atoms with E-state index < -0.39 is 5.97 Å². The minimum absolute atomic E-state index is 0.213. The van der Waals surface area contributed by atoms with E-state index in [1.54, 1.807) is 12.1 Å². The van der Waals surface area contributed by atoms with Crippen molar-refractivity contribution in [3.63, 3.8) is 0 Å². The predicted molar refractivity (Wildman–Crippen MR) is 79.6 cm³/mol. The van der Waals surface area contributed by atoms with E-state index in [0.29, 0.717) is 10.6 Å². The van der Waals surface area contributed by atoms with Gasteiger partial charge in [0.2, 0.25) is 0 Å². The number of carbonyl (C=O) groups is 2. The van der Waals surface area contributed by atoms with Crippen LogP contribution in [0.5, 0.6) is 0 Å². The molecule has 0 aliphatic rings. The highest BCUT2D eigenvalue weighted by molar-refractivity contribution is 14.1. The fraction of sp³-hybridized carbons (Fsp3) is 0.333. The molecule has 0 aliphatic carbocycles. The SMILES string of the molecule is COCCN(CC(=O)O)C(=O)c1cc(Cl)ccc1I. The molecule has 1 aromatic rings. The molecule has 0 radical (unpaired) electrons. The molecule has 1 amide bonds. The number of aliphatic carboxylic acids is 1. The first-order valence-corrected chi connectivity index (χ1v) is 6.86. The molecule has 1 rings (SSSR count). The van der Waals surface area contributed by atoms with Gasteiger partial charge < -0.3 is 14.7 Å². The fourth-order valence-corrected chi connectivity index (χ4v) is 2.19. The first kappa shape index (κ1) is 16.2. The van der Waals surface area contributed by atoms with Gasteiger partial charge in [0.15, 0.2) is 0 Å². The molecule has 0 unspecified atom stereocenters. The normalized spacial score (nSPS) is 10.3. The van der Waals surface area contributed by atoms with Crippen molar-refractivity contribution in [1.82, 2.24) is 4.90 Å². The third-order valence-electron chi connectivity index (χ3n) is 2.34. The quantitative estimate of drug-likeness (QED) is 0.747. The smallest absolute Gasteiger partial charge is 0.323 e. The number of hydrogen-bond acceptors (Lipinski definition) is 3. The largest absolute Gasteiger partial charge is 0.480 e. The summed E-state index contributed by atoms with van der Waals surface area (Å²) in [4.78, 5) is 24.3. The lowest BCUT2D eigenvalue weighted by Crippen LogP contribution is -2.38. The summed E-state index contributed by atoms with van der Waals surface area (Å²) in [6.07, 6.45) is 0. The summed E-state index contributed by atoms with van der Waals surface area (Å²) in [7, 11) is 1.49. The maximum Gasteiger partial charge on any atom is 0.323 e. The van der Waals surface area contributed by atoms with Crippen molar-refractivity contribution >= 4 is 46.1 Å². The van der Waals surface area contributed by atoms with Crippen molar-refractivity contribution in [2.45, 2.75) is 0 Å². The monoisotopic (exact) mass is 397 g/mol. The highest BCUT2D eigenvalue weighted by Gasteiger charge is 2.20. The molecule has 0 saturated carbocycles. The van der Waals surface area contributed by atoms with Gasteiger partial charge in [0.05, 0.1) is 12.2 Å². The third-order valence-corrected chi connectivity index (χ3v) is 3.51. The van der Waals surface area contributed by atoms with Crippen molar-refractivity contribution in [1.29, 1.82) is 0 Å². The Balaban J connectivity index is 2.97. The van der Waals surface area contributed by atoms with Crippen molar-refractivity contribution in [2.24, 2.45) is 0 Å². The zero-order valence-electron chi connectivity index (χ0n) is 10.2. The molecule has 19 heavy (non-hydrogen) atoms. The molecule has 5 nitrogen and oxygen atoms in total. The van der Waals surface area contributed by atoms with Gasteiger partial charge in [-0.2, -0.15) is 0 Å². The minimum Gasteiger partial charge on any atom is -0.480 e. The zero-order valence-corrected chi connectivity index (χ0v) is 13.1. The van der Waals surface area contributed by atoms with Crippen LogP contribution >= 0.6 is 34.2 Å². The van der Waals surface area contributed by atoms with Gasteiger partial charge in [0.1, 0.15) is 6.54 Å². The van der Waals surface area contributed by atoms with Gasteiger partial charge in [-0.1, -0.05) is 11.6 Å². The van der Waals surface area contributed by atoms with E-state index in [4.69, 9.17) is 21.4 Å². The number of carbonyl (C=O) groups excluding carboxylic acids is 1. The van der Waals surface area contributed by atoms with Gasteiger partial charge in [-0.25, -0.2) is 0 Å². The van der Waals surface area contributed by atoms with E-state index >= 15 is 0 Å². The summed E-state index contributed by atoms with van der Waals surface area (Å²) < 4.78 is 5.60. The van der Waals surface area contributed by atoms with Crippen LogP contribution in [0.25, 0.3) is 0 Å². The van der Waals surface area contributed by atoms with Crippen molar-refractivity contribution < 1.29 is 19.4 Å². The van der Waals surface area contributed by atoms with E-state index in [9.17, 15) is 9.59 Å². The van der Waals surface area contributed by atoms with Gasteiger partial charge in [-0.15, -0.1) is 0 Å². The Morgan fingerprint density at radius 2 is 2.16 bits per heavy atom. The molecule has 0 spiro atoms. The molecule has 1 N–H and O–H groups in total. The van der Waals surface area contributed by atoms with Crippen molar-refractivity contribution in [2.75, 3.05) is 26.8 Å². The molecule has 0 saturated heterocycles. The number of carboxylic acid groups (broad SMARTS) is 1. The second-order valence-electron chi connectivity index (χ2n) is 3.74. The van der Waals surface area contributed by atoms with E-state index in [1.807, 2.05) is 22.6 Å². The van der Waals surface area contributed by atoms with Gasteiger partial charge >= 0.3 is 5.97 Å². The molecule has 7 heteroatoms. The van der Waals surface area contributed by atoms with Crippen LogP contribution in [0.1, 0.15) is 10.4 Å². The fourth-order valence-electron chi connectivity index (χ4n) is 1.45. The van der Waals surface area contributed by atoms with E-state index in [1.165, 1.54) is 18.1 Å². The average Bonchev–Trinajstić information content (AvgIpc) is 2.36. The number of rotatable bonds is 6. The summed E-state index contributed by atoms with van der Waals surface area (Å²) in [5.74, 6) is -1.44.